The maximum atomic E-state index is 9.36. The van der Waals surface area contributed by atoms with Gasteiger partial charge in [0.05, 0.1) is 28.9 Å². The Hall–Kier alpha value is -3.19. The maximum absolute atomic E-state index is 9.36. The van der Waals surface area contributed by atoms with Crippen LogP contribution in [0, 0.1) is 11.3 Å². The van der Waals surface area contributed by atoms with E-state index in [0.717, 1.165) is 21.8 Å². The topological polar surface area (TPSA) is 54.5 Å². The van der Waals surface area contributed by atoms with Crippen molar-refractivity contribution in [2.75, 3.05) is 0 Å². The Balaban J connectivity index is 2.05. The lowest BCUT2D eigenvalue weighted by Crippen LogP contribution is -2.00. The maximum Gasteiger partial charge on any atom is 0.156 e. The molecule has 2 heterocycles. The fourth-order valence-electron chi connectivity index (χ4n) is 2.52. The first kappa shape index (κ1) is 11.6. The van der Waals surface area contributed by atoms with Gasteiger partial charge >= 0.3 is 0 Å². The van der Waals surface area contributed by atoms with Gasteiger partial charge in [0, 0.05) is 16.8 Å². The normalized spacial score (nSPS) is 10.8. The largest absolute Gasteiger partial charge is 0.229 e. The van der Waals surface area contributed by atoms with Crippen LogP contribution in [-0.4, -0.2) is 14.8 Å². The minimum Gasteiger partial charge on any atom is -0.229 e. The van der Waals surface area contributed by atoms with E-state index in [1.165, 1.54) is 0 Å². The average Bonchev–Trinajstić information content (AvgIpc) is 2.98. The standard InChI is InChI=1S/C17H10N4/c18-10-13-9-17(20-15-7-3-2-6-14(13)15)21-16-8-4-1-5-12(16)11-19-21/h1-9,11H. The Morgan fingerprint density at radius 2 is 1.81 bits per heavy atom. The lowest BCUT2D eigenvalue weighted by Gasteiger charge is -2.06. The van der Waals surface area contributed by atoms with Crippen LogP contribution in [0.3, 0.4) is 0 Å². The number of pyridine rings is 1. The molecule has 0 aliphatic heterocycles. The predicted octanol–water partition coefficient (Wildman–Crippen LogP) is 3.45. The highest BCUT2D eigenvalue weighted by Gasteiger charge is 2.09. The molecule has 98 valence electrons. The summed E-state index contributed by atoms with van der Waals surface area (Å²) >= 11 is 0. The fourth-order valence-corrected chi connectivity index (χ4v) is 2.52. The Morgan fingerprint density at radius 3 is 2.71 bits per heavy atom. The first-order chi connectivity index (χ1) is 10.4. The van der Waals surface area contributed by atoms with Gasteiger partial charge in [-0.1, -0.05) is 36.4 Å². The molecule has 0 amide bonds. The summed E-state index contributed by atoms with van der Waals surface area (Å²) in [6.45, 7) is 0. The summed E-state index contributed by atoms with van der Waals surface area (Å²) in [6, 6.07) is 19.6. The van der Waals surface area contributed by atoms with E-state index < -0.39 is 0 Å². The zero-order valence-electron chi connectivity index (χ0n) is 11.1. The lowest BCUT2D eigenvalue weighted by molar-refractivity contribution is 0.880. The first-order valence-electron chi connectivity index (χ1n) is 6.60. The van der Waals surface area contributed by atoms with Gasteiger partial charge in [-0.2, -0.15) is 10.4 Å². The van der Waals surface area contributed by atoms with Crippen molar-refractivity contribution in [2.45, 2.75) is 0 Å². The van der Waals surface area contributed by atoms with Crippen LogP contribution in [0.4, 0.5) is 0 Å². The fraction of sp³-hybridized carbons (Fsp3) is 0. The highest BCUT2D eigenvalue weighted by molar-refractivity contribution is 5.86. The van der Waals surface area contributed by atoms with Crippen LogP contribution in [0.5, 0.6) is 0 Å². The molecule has 0 radical (unpaired) electrons. The third-order valence-corrected chi connectivity index (χ3v) is 3.52. The molecule has 0 N–H and O–H groups in total. The van der Waals surface area contributed by atoms with Crippen molar-refractivity contribution in [2.24, 2.45) is 0 Å². The molecule has 21 heavy (non-hydrogen) atoms. The van der Waals surface area contributed by atoms with Crippen molar-refractivity contribution in [3.63, 3.8) is 0 Å². The van der Waals surface area contributed by atoms with Gasteiger partial charge in [0.1, 0.15) is 0 Å². The molecule has 2 aromatic heterocycles. The molecule has 4 rings (SSSR count). The van der Waals surface area contributed by atoms with E-state index in [0.29, 0.717) is 11.4 Å². The minimum absolute atomic E-state index is 0.607. The van der Waals surface area contributed by atoms with Crippen LogP contribution in [0.15, 0.2) is 60.8 Å². The van der Waals surface area contributed by atoms with E-state index in [1.807, 2.05) is 48.5 Å². The van der Waals surface area contributed by atoms with Crippen LogP contribution in [0.1, 0.15) is 5.56 Å². The summed E-state index contributed by atoms with van der Waals surface area (Å²) in [5.41, 5.74) is 2.38. The van der Waals surface area contributed by atoms with Crippen LogP contribution in [0.2, 0.25) is 0 Å². The quantitative estimate of drug-likeness (QED) is 0.532. The van der Waals surface area contributed by atoms with E-state index in [1.54, 1.807) is 16.9 Å². The SMILES string of the molecule is N#Cc1cc(-n2ncc3ccccc32)nc2ccccc12. The predicted molar refractivity (Wildman–Crippen MR) is 81.1 cm³/mol. The third kappa shape index (κ3) is 1.76. The van der Waals surface area contributed by atoms with Crippen LogP contribution in [0.25, 0.3) is 27.6 Å². The van der Waals surface area contributed by atoms with Crippen molar-refractivity contribution < 1.29 is 0 Å². The second kappa shape index (κ2) is 4.43. The van der Waals surface area contributed by atoms with Crippen molar-refractivity contribution in [1.82, 2.24) is 14.8 Å². The van der Waals surface area contributed by atoms with Gasteiger partial charge < -0.3 is 0 Å². The monoisotopic (exact) mass is 270 g/mol. The average molecular weight is 270 g/mol. The van der Waals surface area contributed by atoms with Crippen molar-refractivity contribution in [3.8, 4) is 11.9 Å². The van der Waals surface area contributed by atoms with Gasteiger partial charge in [-0.05, 0) is 12.1 Å². The summed E-state index contributed by atoms with van der Waals surface area (Å²) in [6.07, 6.45) is 1.80. The number of para-hydroxylation sites is 2. The van der Waals surface area contributed by atoms with E-state index in [2.05, 4.69) is 16.2 Å². The molecule has 0 fully saturated rings. The van der Waals surface area contributed by atoms with Crippen molar-refractivity contribution in [1.29, 1.82) is 5.26 Å². The van der Waals surface area contributed by atoms with Gasteiger partial charge in [0.25, 0.3) is 0 Å². The summed E-state index contributed by atoms with van der Waals surface area (Å²) in [4.78, 5) is 4.63. The highest BCUT2D eigenvalue weighted by Crippen LogP contribution is 2.22. The number of nitrogens with zero attached hydrogens (tertiary/aromatic N) is 4. The van der Waals surface area contributed by atoms with Crippen molar-refractivity contribution in [3.05, 3.63) is 66.4 Å². The van der Waals surface area contributed by atoms with E-state index in [4.69, 9.17) is 0 Å². The second-order valence-corrected chi connectivity index (χ2v) is 4.77. The molecule has 4 heteroatoms. The molecule has 4 nitrogen and oxygen atoms in total. The number of rotatable bonds is 1. The molecule has 0 saturated carbocycles. The van der Waals surface area contributed by atoms with E-state index in [-0.39, 0.29) is 0 Å². The van der Waals surface area contributed by atoms with Gasteiger partial charge in [0.15, 0.2) is 5.82 Å². The minimum atomic E-state index is 0.607. The molecule has 4 aromatic rings. The number of hydrogen-bond donors (Lipinski definition) is 0. The molecular formula is C17H10N4. The van der Waals surface area contributed by atoms with Crippen LogP contribution >= 0.6 is 0 Å². The molecule has 0 spiro atoms. The van der Waals surface area contributed by atoms with Gasteiger partial charge in [0.2, 0.25) is 0 Å². The van der Waals surface area contributed by atoms with Crippen LogP contribution in [-0.2, 0) is 0 Å². The van der Waals surface area contributed by atoms with E-state index >= 15 is 0 Å². The second-order valence-electron chi connectivity index (χ2n) is 4.77. The zero-order valence-corrected chi connectivity index (χ0v) is 11.1. The molecule has 0 unspecified atom stereocenters. The molecule has 0 saturated heterocycles. The molecule has 0 aliphatic rings. The Morgan fingerprint density at radius 1 is 1.00 bits per heavy atom. The van der Waals surface area contributed by atoms with E-state index in [9.17, 15) is 5.26 Å². The number of fused-ring (bicyclic) bond motifs is 2. The summed E-state index contributed by atoms with van der Waals surface area (Å²) in [5, 5.41) is 15.7. The molecular weight excluding hydrogens is 260 g/mol. The molecule has 0 aliphatic carbocycles. The molecule has 0 atom stereocenters. The summed E-state index contributed by atoms with van der Waals surface area (Å²) in [7, 11) is 0. The molecule has 0 bridgehead atoms. The van der Waals surface area contributed by atoms with Gasteiger partial charge in [-0.3, -0.25) is 0 Å². The number of benzene rings is 2. The Labute approximate surface area is 120 Å². The number of hydrogen-bond acceptors (Lipinski definition) is 3. The lowest BCUT2D eigenvalue weighted by atomic mass is 10.1. The summed E-state index contributed by atoms with van der Waals surface area (Å²) in [5.74, 6) is 0.659. The number of nitriles is 1. The smallest absolute Gasteiger partial charge is 0.156 e. The van der Waals surface area contributed by atoms with Gasteiger partial charge in [-0.15, -0.1) is 0 Å². The third-order valence-electron chi connectivity index (χ3n) is 3.52. The first-order valence-corrected chi connectivity index (χ1v) is 6.60. The Bertz CT molecular complexity index is 1010. The Kier molecular flexibility index (Phi) is 2.45. The van der Waals surface area contributed by atoms with Crippen molar-refractivity contribution >= 4 is 21.8 Å². The zero-order chi connectivity index (χ0) is 14.2. The highest BCUT2D eigenvalue weighted by atomic mass is 15.3. The number of aromatic nitrogens is 3. The molecule has 2 aromatic carbocycles. The summed E-state index contributed by atoms with van der Waals surface area (Å²) < 4.78 is 1.77. The van der Waals surface area contributed by atoms with Gasteiger partial charge in [-0.25, -0.2) is 9.67 Å². The van der Waals surface area contributed by atoms with Crippen LogP contribution < -0.4 is 0 Å².